The summed E-state index contributed by atoms with van der Waals surface area (Å²) in [4.78, 5) is 34.4. The molecule has 0 aromatic carbocycles. The SMILES string of the molecule is O=C(Cc1cccs1)N1CCCC2(CCC(=O)N(Cc3ccncc3)C2)C1. The summed E-state index contributed by atoms with van der Waals surface area (Å²) in [6, 6.07) is 7.95. The van der Waals surface area contributed by atoms with Crippen LogP contribution in [0.4, 0.5) is 0 Å². The van der Waals surface area contributed by atoms with Crippen LogP contribution in [0.2, 0.25) is 0 Å². The average molecular weight is 384 g/mol. The first-order valence-corrected chi connectivity index (χ1v) is 10.5. The van der Waals surface area contributed by atoms with Gasteiger partial charge in [-0.15, -0.1) is 11.3 Å². The maximum Gasteiger partial charge on any atom is 0.227 e. The van der Waals surface area contributed by atoms with E-state index in [1.165, 1.54) is 0 Å². The molecule has 5 nitrogen and oxygen atoms in total. The van der Waals surface area contributed by atoms with Gasteiger partial charge in [0, 0.05) is 55.3 Å². The number of piperidine rings is 2. The Morgan fingerprint density at radius 1 is 1.19 bits per heavy atom. The first kappa shape index (κ1) is 18.2. The van der Waals surface area contributed by atoms with Crippen molar-refractivity contribution >= 4 is 23.2 Å². The largest absolute Gasteiger partial charge is 0.342 e. The molecule has 0 saturated carbocycles. The van der Waals surface area contributed by atoms with Crippen LogP contribution in [0.5, 0.6) is 0 Å². The van der Waals surface area contributed by atoms with Crippen molar-refractivity contribution in [2.45, 2.75) is 38.6 Å². The van der Waals surface area contributed by atoms with E-state index in [4.69, 9.17) is 0 Å². The zero-order chi connectivity index (χ0) is 18.7. The third-order valence-corrected chi connectivity index (χ3v) is 6.67. The fourth-order valence-corrected chi connectivity index (χ4v) is 5.08. The molecule has 6 heteroatoms. The number of pyridine rings is 1. The zero-order valence-electron chi connectivity index (χ0n) is 15.5. The fraction of sp³-hybridized carbons (Fsp3) is 0.476. The summed E-state index contributed by atoms with van der Waals surface area (Å²) in [5, 5.41) is 2.02. The van der Waals surface area contributed by atoms with E-state index < -0.39 is 0 Å². The number of hydrogen-bond donors (Lipinski definition) is 0. The molecule has 2 saturated heterocycles. The number of carbonyl (C=O) groups excluding carboxylic acids is 2. The number of nitrogens with zero attached hydrogens (tertiary/aromatic N) is 3. The fourth-order valence-electron chi connectivity index (χ4n) is 4.38. The van der Waals surface area contributed by atoms with Gasteiger partial charge in [0.05, 0.1) is 6.42 Å². The van der Waals surface area contributed by atoms with Crippen molar-refractivity contribution in [3.63, 3.8) is 0 Å². The Labute approximate surface area is 164 Å². The molecule has 27 heavy (non-hydrogen) atoms. The van der Waals surface area contributed by atoms with E-state index in [1.54, 1.807) is 23.7 Å². The van der Waals surface area contributed by atoms with Gasteiger partial charge in [-0.1, -0.05) is 6.07 Å². The molecule has 2 aliphatic rings. The lowest BCUT2D eigenvalue weighted by atomic mass is 9.73. The van der Waals surface area contributed by atoms with Crippen LogP contribution in [0.3, 0.4) is 0 Å². The van der Waals surface area contributed by atoms with Gasteiger partial charge in [0.15, 0.2) is 0 Å². The molecule has 4 rings (SSSR count). The second kappa shape index (κ2) is 7.80. The second-order valence-electron chi connectivity index (χ2n) is 7.78. The summed E-state index contributed by atoms with van der Waals surface area (Å²) in [5.74, 6) is 0.439. The number of thiophene rings is 1. The van der Waals surface area contributed by atoms with Crippen molar-refractivity contribution < 1.29 is 9.59 Å². The third kappa shape index (κ3) is 4.21. The van der Waals surface area contributed by atoms with E-state index in [0.717, 1.165) is 49.3 Å². The predicted molar refractivity (Wildman–Crippen MR) is 105 cm³/mol. The molecule has 142 valence electrons. The van der Waals surface area contributed by atoms with Gasteiger partial charge in [-0.05, 0) is 48.4 Å². The van der Waals surface area contributed by atoms with Gasteiger partial charge in [-0.25, -0.2) is 0 Å². The maximum absolute atomic E-state index is 12.8. The Morgan fingerprint density at radius 2 is 2.04 bits per heavy atom. The van der Waals surface area contributed by atoms with E-state index in [9.17, 15) is 9.59 Å². The average Bonchev–Trinajstić information content (AvgIpc) is 3.19. The van der Waals surface area contributed by atoms with Gasteiger partial charge in [0.25, 0.3) is 0 Å². The summed E-state index contributed by atoms with van der Waals surface area (Å²) < 4.78 is 0. The minimum absolute atomic E-state index is 0.0459. The second-order valence-corrected chi connectivity index (χ2v) is 8.81. The number of carbonyl (C=O) groups is 2. The molecule has 2 aromatic rings. The maximum atomic E-state index is 12.8. The van der Waals surface area contributed by atoms with Crippen molar-refractivity contribution in [3.8, 4) is 0 Å². The van der Waals surface area contributed by atoms with Crippen molar-refractivity contribution in [2.75, 3.05) is 19.6 Å². The summed E-state index contributed by atoms with van der Waals surface area (Å²) >= 11 is 1.64. The van der Waals surface area contributed by atoms with E-state index in [1.807, 2.05) is 39.4 Å². The van der Waals surface area contributed by atoms with Gasteiger partial charge >= 0.3 is 0 Å². The standard InChI is InChI=1S/C21H25N3O2S/c25-19-4-8-21(16-24(19)14-17-5-9-22-10-6-17)7-2-11-23(15-21)20(26)13-18-3-1-12-27-18/h1,3,5-6,9-10,12H,2,4,7-8,11,13-16H2. The van der Waals surface area contributed by atoms with Crippen LogP contribution >= 0.6 is 11.3 Å². The number of hydrogen-bond acceptors (Lipinski definition) is 4. The van der Waals surface area contributed by atoms with Crippen molar-refractivity contribution in [2.24, 2.45) is 5.41 Å². The molecule has 0 bridgehead atoms. The summed E-state index contributed by atoms with van der Waals surface area (Å²) in [6.07, 6.45) is 7.62. The van der Waals surface area contributed by atoms with E-state index in [-0.39, 0.29) is 17.2 Å². The van der Waals surface area contributed by atoms with Crippen LogP contribution in [-0.4, -0.2) is 46.2 Å². The first-order chi connectivity index (χ1) is 13.1. The summed E-state index contributed by atoms with van der Waals surface area (Å²) in [7, 11) is 0. The Kier molecular flexibility index (Phi) is 5.25. The molecular weight excluding hydrogens is 358 g/mol. The molecule has 1 atom stereocenters. The predicted octanol–water partition coefficient (Wildman–Crippen LogP) is 3.12. The quantitative estimate of drug-likeness (QED) is 0.815. The van der Waals surface area contributed by atoms with Gasteiger partial charge in [0.1, 0.15) is 0 Å². The molecule has 0 N–H and O–H groups in total. The molecule has 2 amide bonds. The number of rotatable bonds is 4. The molecule has 0 aliphatic carbocycles. The molecule has 0 radical (unpaired) electrons. The van der Waals surface area contributed by atoms with Gasteiger partial charge in [-0.2, -0.15) is 0 Å². The lowest BCUT2D eigenvalue weighted by Crippen LogP contribution is -2.55. The molecule has 2 fully saturated rings. The lowest BCUT2D eigenvalue weighted by Gasteiger charge is -2.48. The molecular formula is C21H25N3O2S. The van der Waals surface area contributed by atoms with E-state index >= 15 is 0 Å². The Morgan fingerprint density at radius 3 is 2.81 bits per heavy atom. The lowest BCUT2D eigenvalue weighted by molar-refractivity contribution is -0.143. The molecule has 1 unspecified atom stereocenters. The van der Waals surface area contributed by atoms with E-state index in [2.05, 4.69) is 4.98 Å². The summed E-state index contributed by atoms with van der Waals surface area (Å²) in [6.45, 7) is 2.99. The van der Waals surface area contributed by atoms with Crippen LogP contribution in [0.25, 0.3) is 0 Å². The third-order valence-electron chi connectivity index (χ3n) is 5.79. The van der Waals surface area contributed by atoms with Crippen LogP contribution in [0.1, 0.15) is 36.1 Å². The van der Waals surface area contributed by atoms with Crippen LogP contribution in [0, 0.1) is 5.41 Å². The van der Waals surface area contributed by atoms with Crippen LogP contribution in [-0.2, 0) is 22.6 Å². The van der Waals surface area contributed by atoms with Crippen molar-refractivity contribution in [1.82, 2.24) is 14.8 Å². The molecule has 2 aliphatic heterocycles. The molecule has 2 aromatic heterocycles. The molecule has 4 heterocycles. The highest BCUT2D eigenvalue weighted by molar-refractivity contribution is 7.10. The number of amides is 2. The van der Waals surface area contributed by atoms with Crippen LogP contribution < -0.4 is 0 Å². The van der Waals surface area contributed by atoms with E-state index in [0.29, 0.717) is 19.4 Å². The highest BCUT2D eigenvalue weighted by atomic mass is 32.1. The zero-order valence-corrected chi connectivity index (χ0v) is 16.3. The highest BCUT2D eigenvalue weighted by Gasteiger charge is 2.42. The Hall–Kier alpha value is -2.21. The summed E-state index contributed by atoms with van der Waals surface area (Å²) in [5.41, 5.74) is 1.15. The Balaban J connectivity index is 1.43. The van der Waals surface area contributed by atoms with Gasteiger partial charge < -0.3 is 9.80 Å². The topological polar surface area (TPSA) is 53.5 Å². The minimum atomic E-state index is 0.0459. The van der Waals surface area contributed by atoms with Crippen molar-refractivity contribution in [1.29, 1.82) is 0 Å². The van der Waals surface area contributed by atoms with Gasteiger partial charge in [-0.3, -0.25) is 14.6 Å². The van der Waals surface area contributed by atoms with Gasteiger partial charge in [0.2, 0.25) is 11.8 Å². The van der Waals surface area contributed by atoms with Crippen LogP contribution in [0.15, 0.2) is 42.0 Å². The highest BCUT2D eigenvalue weighted by Crippen LogP contribution is 2.39. The normalized spacial score (nSPS) is 23.0. The first-order valence-electron chi connectivity index (χ1n) is 9.60. The Bertz CT molecular complexity index is 793. The smallest absolute Gasteiger partial charge is 0.227 e. The number of aromatic nitrogens is 1. The monoisotopic (exact) mass is 383 g/mol. The number of likely N-dealkylation sites (tertiary alicyclic amines) is 2. The minimum Gasteiger partial charge on any atom is -0.342 e. The molecule has 1 spiro atoms. The van der Waals surface area contributed by atoms with Crippen molar-refractivity contribution in [3.05, 3.63) is 52.5 Å².